The number of aromatic nitrogens is 2. The number of amides is 1. The number of hydrogen-bond donors (Lipinski definition) is 1. The summed E-state index contributed by atoms with van der Waals surface area (Å²) < 4.78 is 1.36. The summed E-state index contributed by atoms with van der Waals surface area (Å²) in [7, 11) is 0. The van der Waals surface area contributed by atoms with E-state index in [4.69, 9.17) is 11.6 Å². The molecule has 1 fully saturated rings. The van der Waals surface area contributed by atoms with E-state index in [-0.39, 0.29) is 17.4 Å². The standard InChI is InChI=1S/C24H25ClN4O2/c1-2-17-5-3-7-20(15-17)26-24(31)18-11-13-28(14-12-18)22-9-10-23(30)29(27-22)21-8-4-6-19(25)16-21/h3-10,15-16,18H,2,11-14H2,1H3,(H,26,31). The topological polar surface area (TPSA) is 67.2 Å². The molecule has 1 saturated heterocycles. The van der Waals surface area contributed by atoms with Crippen LogP contribution >= 0.6 is 11.6 Å². The van der Waals surface area contributed by atoms with Crippen LogP contribution in [0.4, 0.5) is 11.5 Å². The summed E-state index contributed by atoms with van der Waals surface area (Å²) >= 11 is 6.06. The Morgan fingerprint density at radius 3 is 2.61 bits per heavy atom. The molecule has 1 aliphatic rings. The molecule has 31 heavy (non-hydrogen) atoms. The molecule has 2 aromatic carbocycles. The SMILES string of the molecule is CCc1cccc(NC(=O)C2CCN(c3ccc(=O)n(-c4cccc(Cl)c4)n3)CC2)c1. The van der Waals surface area contributed by atoms with Crippen molar-refractivity contribution in [3.8, 4) is 5.69 Å². The average molecular weight is 437 g/mol. The molecular weight excluding hydrogens is 412 g/mol. The molecule has 2 heterocycles. The van der Waals surface area contributed by atoms with Gasteiger partial charge in [0.2, 0.25) is 5.91 Å². The van der Waals surface area contributed by atoms with Crippen LogP contribution < -0.4 is 15.8 Å². The summed E-state index contributed by atoms with van der Waals surface area (Å²) in [5.41, 5.74) is 2.47. The molecule has 6 nitrogen and oxygen atoms in total. The Morgan fingerprint density at radius 2 is 1.87 bits per heavy atom. The molecular formula is C24H25ClN4O2. The predicted octanol–water partition coefficient (Wildman–Crippen LogP) is 4.30. The molecule has 0 bridgehead atoms. The maximum Gasteiger partial charge on any atom is 0.271 e. The highest BCUT2D eigenvalue weighted by molar-refractivity contribution is 6.30. The first kappa shape index (κ1) is 21.1. The van der Waals surface area contributed by atoms with Gasteiger partial charge in [0, 0.05) is 35.8 Å². The molecule has 1 aromatic heterocycles. The number of anilines is 2. The third-order valence-corrected chi connectivity index (χ3v) is 5.87. The normalized spacial score (nSPS) is 14.5. The number of rotatable bonds is 5. The van der Waals surface area contributed by atoms with Crippen LogP contribution in [-0.2, 0) is 11.2 Å². The Morgan fingerprint density at radius 1 is 1.10 bits per heavy atom. The first-order valence-corrected chi connectivity index (χ1v) is 10.9. The number of carbonyl (C=O) groups is 1. The van der Waals surface area contributed by atoms with Gasteiger partial charge in [-0.3, -0.25) is 9.59 Å². The molecule has 0 radical (unpaired) electrons. The van der Waals surface area contributed by atoms with Crippen LogP contribution in [0.25, 0.3) is 5.69 Å². The van der Waals surface area contributed by atoms with Crippen molar-refractivity contribution in [3.05, 3.63) is 81.6 Å². The van der Waals surface area contributed by atoms with Gasteiger partial charge >= 0.3 is 0 Å². The van der Waals surface area contributed by atoms with Crippen molar-refractivity contribution < 1.29 is 4.79 Å². The minimum Gasteiger partial charge on any atom is -0.355 e. The van der Waals surface area contributed by atoms with Crippen molar-refractivity contribution in [2.75, 3.05) is 23.3 Å². The van der Waals surface area contributed by atoms with Gasteiger partial charge in [-0.2, -0.15) is 4.68 Å². The fourth-order valence-electron chi connectivity index (χ4n) is 3.85. The van der Waals surface area contributed by atoms with Gasteiger partial charge in [0.1, 0.15) is 5.82 Å². The average Bonchev–Trinajstić information content (AvgIpc) is 2.79. The van der Waals surface area contributed by atoms with Crippen molar-refractivity contribution >= 4 is 29.0 Å². The van der Waals surface area contributed by atoms with E-state index in [1.165, 1.54) is 16.3 Å². The van der Waals surface area contributed by atoms with E-state index in [1.807, 2.05) is 18.2 Å². The summed E-state index contributed by atoms with van der Waals surface area (Å²) in [6.07, 6.45) is 2.40. The van der Waals surface area contributed by atoms with E-state index in [1.54, 1.807) is 30.3 Å². The van der Waals surface area contributed by atoms with Crippen LogP contribution in [0.3, 0.4) is 0 Å². The minimum atomic E-state index is -0.213. The molecule has 1 amide bonds. The number of benzene rings is 2. The molecule has 7 heteroatoms. The lowest BCUT2D eigenvalue weighted by atomic mass is 9.95. The zero-order chi connectivity index (χ0) is 21.8. The number of piperidine rings is 1. The lowest BCUT2D eigenvalue weighted by Gasteiger charge is -2.32. The number of carbonyl (C=O) groups excluding carboxylic acids is 1. The van der Waals surface area contributed by atoms with Crippen molar-refractivity contribution in [1.29, 1.82) is 0 Å². The predicted molar refractivity (Wildman–Crippen MR) is 124 cm³/mol. The third-order valence-electron chi connectivity index (χ3n) is 5.63. The van der Waals surface area contributed by atoms with Crippen LogP contribution in [0.15, 0.2) is 65.5 Å². The van der Waals surface area contributed by atoms with E-state index < -0.39 is 0 Å². The van der Waals surface area contributed by atoms with Gasteiger partial charge in [-0.1, -0.05) is 36.7 Å². The molecule has 1 N–H and O–H groups in total. The number of aryl methyl sites for hydroxylation is 1. The first-order chi connectivity index (χ1) is 15.0. The molecule has 0 atom stereocenters. The highest BCUT2D eigenvalue weighted by Gasteiger charge is 2.26. The monoisotopic (exact) mass is 436 g/mol. The Kier molecular flexibility index (Phi) is 6.37. The van der Waals surface area contributed by atoms with E-state index in [0.29, 0.717) is 29.6 Å². The zero-order valence-electron chi connectivity index (χ0n) is 17.4. The van der Waals surface area contributed by atoms with Gasteiger partial charge in [-0.05, 0) is 61.2 Å². The number of hydrogen-bond acceptors (Lipinski definition) is 4. The van der Waals surface area contributed by atoms with E-state index in [9.17, 15) is 9.59 Å². The summed E-state index contributed by atoms with van der Waals surface area (Å²) in [4.78, 5) is 27.1. The van der Waals surface area contributed by atoms with Crippen molar-refractivity contribution in [2.45, 2.75) is 26.2 Å². The zero-order valence-corrected chi connectivity index (χ0v) is 18.2. The fourth-order valence-corrected chi connectivity index (χ4v) is 4.03. The smallest absolute Gasteiger partial charge is 0.271 e. The number of halogens is 1. The maximum atomic E-state index is 12.7. The van der Waals surface area contributed by atoms with Gasteiger partial charge in [0.05, 0.1) is 5.69 Å². The van der Waals surface area contributed by atoms with Crippen LogP contribution in [-0.4, -0.2) is 28.8 Å². The second kappa shape index (κ2) is 9.35. The Labute approximate surface area is 186 Å². The summed E-state index contributed by atoms with van der Waals surface area (Å²) in [6.45, 7) is 3.50. The van der Waals surface area contributed by atoms with E-state index >= 15 is 0 Å². The largest absolute Gasteiger partial charge is 0.355 e. The van der Waals surface area contributed by atoms with Gasteiger partial charge in [0.25, 0.3) is 5.56 Å². The quantitative estimate of drug-likeness (QED) is 0.647. The lowest BCUT2D eigenvalue weighted by Crippen LogP contribution is -2.39. The Balaban J connectivity index is 1.42. The minimum absolute atomic E-state index is 0.0413. The Hall–Kier alpha value is -3.12. The van der Waals surface area contributed by atoms with Crippen molar-refractivity contribution in [1.82, 2.24) is 9.78 Å². The second-order valence-electron chi connectivity index (χ2n) is 7.73. The fraction of sp³-hybridized carbons (Fsp3) is 0.292. The Bertz CT molecular complexity index is 1140. The van der Waals surface area contributed by atoms with Gasteiger partial charge < -0.3 is 10.2 Å². The highest BCUT2D eigenvalue weighted by atomic mass is 35.5. The van der Waals surface area contributed by atoms with E-state index in [2.05, 4.69) is 28.3 Å². The molecule has 0 unspecified atom stereocenters. The van der Waals surface area contributed by atoms with Gasteiger partial charge in [-0.25, -0.2) is 0 Å². The molecule has 160 valence electrons. The first-order valence-electron chi connectivity index (χ1n) is 10.5. The molecule has 0 spiro atoms. The van der Waals surface area contributed by atoms with Gasteiger partial charge in [-0.15, -0.1) is 5.10 Å². The highest BCUT2D eigenvalue weighted by Crippen LogP contribution is 2.23. The summed E-state index contributed by atoms with van der Waals surface area (Å²) in [6, 6.07) is 18.3. The van der Waals surface area contributed by atoms with Crippen molar-refractivity contribution in [3.63, 3.8) is 0 Å². The third kappa shape index (κ3) is 4.97. The van der Waals surface area contributed by atoms with Crippen LogP contribution in [0.2, 0.25) is 5.02 Å². The number of nitrogens with one attached hydrogen (secondary N) is 1. The molecule has 3 aromatic rings. The van der Waals surface area contributed by atoms with Crippen LogP contribution in [0.5, 0.6) is 0 Å². The molecule has 0 saturated carbocycles. The summed E-state index contributed by atoms with van der Waals surface area (Å²) in [5.74, 6) is 0.735. The van der Waals surface area contributed by atoms with E-state index in [0.717, 1.165) is 24.9 Å². The second-order valence-corrected chi connectivity index (χ2v) is 8.16. The summed E-state index contributed by atoms with van der Waals surface area (Å²) in [5, 5.41) is 8.14. The maximum absolute atomic E-state index is 12.7. The van der Waals surface area contributed by atoms with Gasteiger partial charge in [0.15, 0.2) is 0 Å². The van der Waals surface area contributed by atoms with Crippen LogP contribution in [0, 0.1) is 5.92 Å². The number of nitrogens with zero attached hydrogens (tertiary/aromatic N) is 3. The molecule has 1 aliphatic heterocycles. The molecule has 4 rings (SSSR count). The van der Waals surface area contributed by atoms with Crippen LogP contribution in [0.1, 0.15) is 25.3 Å². The van der Waals surface area contributed by atoms with Crippen molar-refractivity contribution in [2.24, 2.45) is 5.92 Å². The molecule has 0 aliphatic carbocycles. The lowest BCUT2D eigenvalue weighted by molar-refractivity contribution is -0.120.